The van der Waals surface area contributed by atoms with Crippen molar-refractivity contribution in [1.29, 1.82) is 0 Å². The molecule has 0 spiro atoms. The van der Waals surface area contributed by atoms with Crippen molar-refractivity contribution in [2.24, 2.45) is 5.92 Å². The third-order valence-electron chi connectivity index (χ3n) is 3.15. The van der Waals surface area contributed by atoms with Gasteiger partial charge in [0.2, 0.25) is 15.9 Å². The molecule has 1 rings (SSSR count). The van der Waals surface area contributed by atoms with Gasteiger partial charge in [0, 0.05) is 23.8 Å². The summed E-state index contributed by atoms with van der Waals surface area (Å²) in [6.45, 7) is 4.38. The number of hydrogen-bond acceptors (Lipinski definition) is 4. The van der Waals surface area contributed by atoms with E-state index in [2.05, 4.69) is 15.4 Å². The fraction of sp³-hybridized carbons (Fsp3) is 0.533. The molecule has 0 heterocycles. The van der Waals surface area contributed by atoms with E-state index < -0.39 is 10.0 Å². The molecule has 0 radical (unpaired) electrons. The van der Waals surface area contributed by atoms with Gasteiger partial charge in [-0.1, -0.05) is 20.3 Å². The van der Waals surface area contributed by atoms with Gasteiger partial charge < -0.3 is 10.6 Å². The molecule has 0 fully saturated rings. The highest BCUT2D eigenvalue weighted by Gasteiger charge is 2.12. The van der Waals surface area contributed by atoms with Crippen molar-refractivity contribution in [3.05, 3.63) is 24.3 Å². The second-order valence-electron chi connectivity index (χ2n) is 5.30. The first-order valence-electron chi connectivity index (χ1n) is 7.44. The monoisotopic (exact) mass is 363 g/mol. The van der Waals surface area contributed by atoms with Crippen LogP contribution in [0.3, 0.4) is 0 Å². The van der Waals surface area contributed by atoms with Gasteiger partial charge in [-0.15, -0.1) is 12.4 Å². The predicted octanol–water partition coefficient (Wildman–Crippen LogP) is 2.44. The molecule has 1 aromatic rings. The summed E-state index contributed by atoms with van der Waals surface area (Å²) in [7, 11) is -1.50. The smallest absolute Gasteiger partial charge is 0.232 e. The maximum absolute atomic E-state index is 11.9. The molecular weight excluding hydrogens is 338 g/mol. The van der Waals surface area contributed by atoms with Gasteiger partial charge >= 0.3 is 0 Å². The molecule has 23 heavy (non-hydrogen) atoms. The number of hydrogen-bond donors (Lipinski definition) is 3. The Hall–Kier alpha value is -1.31. The Morgan fingerprint density at radius 1 is 1.17 bits per heavy atom. The van der Waals surface area contributed by atoms with Gasteiger partial charge in [-0.25, -0.2) is 8.42 Å². The number of carbonyl (C=O) groups excluding carboxylic acids is 1. The number of nitrogens with one attached hydrogen (secondary N) is 3. The zero-order valence-electron chi connectivity index (χ0n) is 13.8. The van der Waals surface area contributed by atoms with Crippen molar-refractivity contribution in [3.8, 4) is 0 Å². The van der Waals surface area contributed by atoms with E-state index in [1.165, 1.54) is 0 Å². The first kappa shape index (κ1) is 21.7. The molecule has 0 saturated heterocycles. The van der Waals surface area contributed by atoms with E-state index >= 15 is 0 Å². The average molecular weight is 364 g/mol. The lowest BCUT2D eigenvalue weighted by Crippen LogP contribution is -2.28. The van der Waals surface area contributed by atoms with Crippen molar-refractivity contribution in [2.45, 2.75) is 26.7 Å². The minimum Gasteiger partial charge on any atom is -0.326 e. The normalized spacial score (nSPS) is 12.1. The summed E-state index contributed by atoms with van der Waals surface area (Å²) in [4.78, 5) is 11.9. The van der Waals surface area contributed by atoms with Crippen molar-refractivity contribution in [1.82, 2.24) is 5.32 Å². The number of anilines is 2. The number of amides is 1. The molecule has 8 heteroatoms. The molecule has 3 N–H and O–H groups in total. The van der Waals surface area contributed by atoms with E-state index in [4.69, 9.17) is 0 Å². The lowest BCUT2D eigenvalue weighted by molar-refractivity contribution is -0.119. The standard InChI is InChI=1S/C15H25N3O3S.ClH/c1-4-5-10-22(20,21)18-14-8-6-13(7-9-14)17-15(19)12(2)11-16-3;/h6-9,12,16,18H,4-5,10-11H2,1-3H3,(H,17,19);1H. The Kier molecular flexibility index (Phi) is 9.87. The molecule has 0 aliphatic rings. The Balaban J connectivity index is 0.00000484. The summed E-state index contributed by atoms with van der Waals surface area (Å²) in [5.41, 5.74) is 1.14. The summed E-state index contributed by atoms with van der Waals surface area (Å²) >= 11 is 0. The Morgan fingerprint density at radius 3 is 2.26 bits per heavy atom. The molecule has 1 atom stereocenters. The Labute approximate surface area is 144 Å². The lowest BCUT2D eigenvalue weighted by atomic mass is 10.1. The number of carbonyl (C=O) groups is 1. The van der Waals surface area contributed by atoms with Gasteiger partial charge in [0.1, 0.15) is 0 Å². The number of benzene rings is 1. The molecule has 0 saturated carbocycles. The van der Waals surface area contributed by atoms with E-state index in [9.17, 15) is 13.2 Å². The highest BCUT2D eigenvalue weighted by molar-refractivity contribution is 7.92. The Bertz CT molecular complexity index is 576. The van der Waals surface area contributed by atoms with E-state index in [1.807, 2.05) is 13.8 Å². The van der Waals surface area contributed by atoms with Crippen LogP contribution in [-0.4, -0.2) is 33.7 Å². The first-order chi connectivity index (χ1) is 10.4. The summed E-state index contributed by atoms with van der Waals surface area (Å²) < 4.78 is 26.1. The van der Waals surface area contributed by atoms with Gasteiger partial charge in [0.05, 0.1) is 5.75 Å². The van der Waals surface area contributed by atoms with Gasteiger partial charge in [-0.2, -0.15) is 0 Å². The van der Waals surface area contributed by atoms with Crippen LogP contribution in [0.25, 0.3) is 0 Å². The van der Waals surface area contributed by atoms with Gasteiger partial charge in [-0.3, -0.25) is 9.52 Å². The summed E-state index contributed by atoms with van der Waals surface area (Å²) in [6, 6.07) is 6.65. The highest BCUT2D eigenvalue weighted by atomic mass is 35.5. The van der Waals surface area contributed by atoms with Gasteiger partial charge in [0.25, 0.3) is 0 Å². The second-order valence-corrected chi connectivity index (χ2v) is 7.14. The van der Waals surface area contributed by atoms with Crippen LogP contribution in [-0.2, 0) is 14.8 Å². The average Bonchev–Trinajstić information content (AvgIpc) is 2.47. The summed E-state index contributed by atoms with van der Waals surface area (Å²) in [5, 5.41) is 5.74. The zero-order chi connectivity index (χ0) is 16.6. The van der Waals surface area contributed by atoms with E-state index in [-0.39, 0.29) is 30.0 Å². The van der Waals surface area contributed by atoms with Crippen molar-refractivity contribution in [3.63, 3.8) is 0 Å². The summed E-state index contributed by atoms with van der Waals surface area (Å²) in [5.74, 6) is -0.105. The molecule has 1 unspecified atom stereocenters. The lowest BCUT2D eigenvalue weighted by Gasteiger charge is -2.12. The Morgan fingerprint density at radius 2 is 1.74 bits per heavy atom. The van der Waals surface area contributed by atoms with Gasteiger partial charge in [-0.05, 0) is 37.7 Å². The van der Waals surface area contributed by atoms with Crippen LogP contribution in [0, 0.1) is 5.92 Å². The molecule has 0 aliphatic carbocycles. The molecule has 0 bridgehead atoms. The molecule has 1 amide bonds. The fourth-order valence-electron chi connectivity index (χ4n) is 1.85. The quantitative estimate of drug-likeness (QED) is 0.628. The zero-order valence-corrected chi connectivity index (χ0v) is 15.4. The van der Waals surface area contributed by atoms with E-state index in [1.54, 1.807) is 31.3 Å². The predicted molar refractivity (Wildman–Crippen MR) is 97.7 cm³/mol. The number of halogens is 1. The van der Waals surface area contributed by atoms with E-state index in [0.29, 0.717) is 24.3 Å². The first-order valence-corrected chi connectivity index (χ1v) is 9.09. The maximum Gasteiger partial charge on any atom is 0.232 e. The number of unbranched alkanes of at least 4 members (excludes halogenated alkanes) is 1. The van der Waals surface area contributed by atoms with Crippen LogP contribution >= 0.6 is 12.4 Å². The van der Waals surface area contributed by atoms with Crippen molar-refractivity contribution < 1.29 is 13.2 Å². The number of rotatable bonds is 9. The summed E-state index contributed by atoms with van der Waals surface area (Å²) in [6.07, 6.45) is 1.46. The fourth-order valence-corrected chi connectivity index (χ4v) is 3.12. The highest BCUT2D eigenvalue weighted by Crippen LogP contribution is 2.16. The van der Waals surface area contributed by atoms with Crippen LogP contribution in [0.4, 0.5) is 11.4 Å². The maximum atomic E-state index is 11.9. The largest absolute Gasteiger partial charge is 0.326 e. The topological polar surface area (TPSA) is 87.3 Å². The van der Waals surface area contributed by atoms with Crippen LogP contribution in [0.2, 0.25) is 0 Å². The molecule has 132 valence electrons. The third-order valence-corrected chi connectivity index (χ3v) is 4.52. The van der Waals surface area contributed by atoms with Crippen molar-refractivity contribution >= 4 is 39.7 Å². The van der Waals surface area contributed by atoms with Crippen LogP contribution in [0.15, 0.2) is 24.3 Å². The van der Waals surface area contributed by atoms with E-state index in [0.717, 1.165) is 6.42 Å². The second kappa shape index (κ2) is 10.5. The molecule has 1 aromatic carbocycles. The van der Waals surface area contributed by atoms with Crippen molar-refractivity contribution in [2.75, 3.05) is 29.4 Å². The number of sulfonamides is 1. The molecular formula is C15H26ClN3O3S. The molecule has 0 aliphatic heterocycles. The van der Waals surface area contributed by atoms with Crippen LogP contribution < -0.4 is 15.4 Å². The molecule has 0 aromatic heterocycles. The third kappa shape index (κ3) is 8.20. The van der Waals surface area contributed by atoms with Crippen LogP contribution in [0.5, 0.6) is 0 Å². The SMILES string of the molecule is CCCCS(=O)(=O)Nc1ccc(NC(=O)C(C)CNC)cc1.Cl. The minimum absolute atomic E-state index is 0. The van der Waals surface area contributed by atoms with Crippen LogP contribution in [0.1, 0.15) is 26.7 Å². The molecule has 6 nitrogen and oxygen atoms in total. The minimum atomic E-state index is -3.30. The van der Waals surface area contributed by atoms with Gasteiger partial charge in [0.15, 0.2) is 0 Å².